The molecule has 1 aliphatic rings. The minimum Gasteiger partial charge on any atom is -0.378 e. The molecule has 0 saturated carbocycles. The van der Waals surface area contributed by atoms with Crippen LogP contribution in [0.4, 0.5) is 0 Å². The quantitative estimate of drug-likeness (QED) is 0.706. The third-order valence-corrected chi connectivity index (χ3v) is 2.74. The first kappa shape index (κ1) is 12.5. The Balaban J connectivity index is 2.11. The largest absolute Gasteiger partial charge is 0.378 e. The number of nitrogens with two attached hydrogens (primary N) is 1. The fraction of sp³-hybridized carbons (Fsp3) is 0.909. The Hall–Kier alpha value is -0.610. The highest BCUT2D eigenvalue weighted by molar-refractivity contribution is 5.76. The summed E-state index contributed by atoms with van der Waals surface area (Å²) >= 11 is 0. The summed E-state index contributed by atoms with van der Waals surface area (Å²) in [6.07, 6.45) is 3.95. The lowest BCUT2D eigenvalue weighted by Gasteiger charge is -2.22. The Labute approximate surface area is 91.5 Å². The van der Waals surface area contributed by atoms with E-state index in [1.807, 2.05) is 6.92 Å². The number of carbonyl (C=O) groups excluding carboxylic acids is 1. The molecule has 0 aromatic rings. The molecule has 2 atom stereocenters. The van der Waals surface area contributed by atoms with Crippen molar-refractivity contribution >= 4 is 5.91 Å². The summed E-state index contributed by atoms with van der Waals surface area (Å²) in [7, 11) is 0. The molecular formula is C11H22N2O2. The summed E-state index contributed by atoms with van der Waals surface area (Å²) in [4.78, 5) is 11.5. The first-order valence-corrected chi connectivity index (χ1v) is 5.80. The molecule has 1 rings (SSSR count). The van der Waals surface area contributed by atoms with Crippen LogP contribution in [0.15, 0.2) is 0 Å². The summed E-state index contributed by atoms with van der Waals surface area (Å²) in [6.45, 7) is 4.11. The molecule has 1 fully saturated rings. The van der Waals surface area contributed by atoms with Crippen LogP contribution in [0.1, 0.15) is 32.6 Å². The zero-order chi connectivity index (χ0) is 11.1. The van der Waals surface area contributed by atoms with E-state index in [1.165, 1.54) is 6.42 Å². The number of ether oxygens (including phenoxy) is 1. The second-order valence-corrected chi connectivity index (χ2v) is 4.34. The fourth-order valence-electron chi connectivity index (χ4n) is 1.62. The van der Waals surface area contributed by atoms with Crippen LogP contribution in [0, 0.1) is 5.92 Å². The molecule has 1 saturated heterocycles. The maximum absolute atomic E-state index is 11.5. The van der Waals surface area contributed by atoms with Gasteiger partial charge in [0.2, 0.25) is 5.91 Å². The van der Waals surface area contributed by atoms with Crippen molar-refractivity contribution in [3.05, 3.63) is 0 Å². The van der Waals surface area contributed by atoms with Crippen LogP contribution in [0.2, 0.25) is 0 Å². The molecule has 0 radical (unpaired) electrons. The number of hydrogen-bond acceptors (Lipinski definition) is 3. The highest BCUT2D eigenvalue weighted by atomic mass is 16.5. The molecule has 1 heterocycles. The monoisotopic (exact) mass is 214 g/mol. The molecular weight excluding hydrogens is 192 g/mol. The van der Waals surface area contributed by atoms with E-state index in [4.69, 9.17) is 10.5 Å². The van der Waals surface area contributed by atoms with Crippen LogP contribution in [0.25, 0.3) is 0 Å². The molecule has 0 aromatic carbocycles. The first-order chi connectivity index (χ1) is 7.22. The van der Waals surface area contributed by atoms with Crippen molar-refractivity contribution in [2.24, 2.45) is 11.7 Å². The number of carbonyl (C=O) groups is 1. The Kier molecular flexibility index (Phi) is 5.65. The zero-order valence-electron chi connectivity index (χ0n) is 9.50. The van der Waals surface area contributed by atoms with E-state index >= 15 is 0 Å². The van der Waals surface area contributed by atoms with Crippen LogP contribution in [0.3, 0.4) is 0 Å². The van der Waals surface area contributed by atoms with Crippen molar-refractivity contribution < 1.29 is 9.53 Å². The average molecular weight is 214 g/mol. The highest BCUT2D eigenvalue weighted by Crippen LogP contribution is 2.15. The fourth-order valence-corrected chi connectivity index (χ4v) is 1.62. The van der Waals surface area contributed by atoms with Crippen molar-refractivity contribution in [1.82, 2.24) is 5.32 Å². The molecule has 4 heteroatoms. The van der Waals surface area contributed by atoms with Gasteiger partial charge in [-0.3, -0.25) is 4.79 Å². The van der Waals surface area contributed by atoms with Crippen molar-refractivity contribution in [1.29, 1.82) is 0 Å². The highest BCUT2D eigenvalue weighted by Gasteiger charge is 2.17. The number of amides is 1. The van der Waals surface area contributed by atoms with Crippen LogP contribution >= 0.6 is 0 Å². The summed E-state index contributed by atoms with van der Waals surface area (Å²) in [5.74, 6) is 0.434. The van der Waals surface area contributed by atoms with Gasteiger partial charge in [-0.05, 0) is 31.7 Å². The van der Waals surface area contributed by atoms with Gasteiger partial charge in [0.05, 0.1) is 12.5 Å². The minimum atomic E-state index is 0.0854. The number of nitrogens with one attached hydrogen (secondary N) is 1. The number of hydrogen-bond donors (Lipinski definition) is 2. The van der Waals surface area contributed by atoms with Gasteiger partial charge in [0.1, 0.15) is 0 Å². The Bertz CT molecular complexity index is 191. The van der Waals surface area contributed by atoms with Crippen molar-refractivity contribution in [3.8, 4) is 0 Å². The Morgan fingerprint density at radius 1 is 1.60 bits per heavy atom. The standard InChI is InChI=1S/C11H22N2O2/c1-9(7-12)8-13-11(14)6-10-4-2-3-5-15-10/h9-10H,2-8,12H2,1H3,(H,13,14). The first-order valence-electron chi connectivity index (χ1n) is 5.80. The Morgan fingerprint density at radius 2 is 2.40 bits per heavy atom. The molecule has 1 aliphatic heterocycles. The van der Waals surface area contributed by atoms with Gasteiger partial charge in [0, 0.05) is 13.2 Å². The molecule has 2 unspecified atom stereocenters. The lowest BCUT2D eigenvalue weighted by atomic mass is 10.1. The van der Waals surface area contributed by atoms with Crippen molar-refractivity contribution in [2.75, 3.05) is 19.7 Å². The van der Waals surface area contributed by atoms with Gasteiger partial charge >= 0.3 is 0 Å². The predicted octanol–water partition coefficient (Wildman–Crippen LogP) is 0.657. The molecule has 4 nitrogen and oxygen atoms in total. The minimum absolute atomic E-state index is 0.0854. The topological polar surface area (TPSA) is 64.3 Å². The van der Waals surface area contributed by atoms with E-state index < -0.39 is 0 Å². The third kappa shape index (κ3) is 5.14. The van der Waals surface area contributed by atoms with E-state index in [9.17, 15) is 4.79 Å². The summed E-state index contributed by atoms with van der Waals surface area (Å²) in [5, 5.41) is 2.88. The Morgan fingerprint density at radius 3 is 3.00 bits per heavy atom. The molecule has 88 valence electrons. The van der Waals surface area contributed by atoms with E-state index in [0.29, 0.717) is 25.4 Å². The second-order valence-electron chi connectivity index (χ2n) is 4.34. The van der Waals surface area contributed by atoms with Gasteiger partial charge in [-0.25, -0.2) is 0 Å². The summed E-state index contributed by atoms with van der Waals surface area (Å²) < 4.78 is 5.50. The van der Waals surface area contributed by atoms with E-state index in [0.717, 1.165) is 19.4 Å². The molecule has 0 spiro atoms. The number of rotatable bonds is 5. The molecule has 15 heavy (non-hydrogen) atoms. The van der Waals surface area contributed by atoms with Crippen molar-refractivity contribution in [2.45, 2.75) is 38.7 Å². The average Bonchev–Trinajstić information content (AvgIpc) is 2.27. The molecule has 1 amide bonds. The van der Waals surface area contributed by atoms with Crippen LogP contribution in [-0.2, 0) is 9.53 Å². The molecule has 0 bridgehead atoms. The van der Waals surface area contributed by atoms with Gasteiger partial charge < -0.3 is 15.8 Å². The van der Waals surface area contributed by atoms with Crippen LogP contribution in [-0.4, -0.2) is 31.7 Å². The summed E-state index contributed by atoms with van der Waals surface area (Å²) in [5.41, 5.74) is 5.47. The van der Waals surface area contributed by atoms with Gasteiger partial charge in [-0.1, -0.05) is 6.92 Å². The maximum Gasteiger partial charge on any atom is 0.222 e. The lowest BCUT2D eigenvalue weighted by molar-refractivity contribution is -0.125. The van der Waals surface area contributed by atoms with E-state index in [1.54, 1.807) is 0 Å². The third-order valence-electron chi connectivity index (χ3n) is 2.74. The molecule has 0 aliphatic carbocycles. The zero-order valence-corrected chi connectivity index (χ0v) is 9.50. The lowest BCUT2D eigenvalue weighted by Crippen LogP contribution is -2.34. The molecule has 0 aromatic heterocycles. The molecule has 3 N–H and O–H groups in total. The van der Waals surface area contributed by atoms with E-state index in [-0.39, 0.29) is 12.0 Å². The van der Waals surface area contributed by atoms with Gasteiger partial charge in [-0.2, -0.15) is 0 Å². The predicted molar refractivity (Wildman–Crippen MR) is 59.4 cm³/mol. The smallest absolute Gasteiger partial charge is 0.222 e. The van der Waals surface area contributed by atoms with Gasteiger partial charge in [0.15, 0.2) is 0 Å². The van der Waals surface area contributed by atoms with Gasteiger partial charge in [-0.15, -0.1) is 0 Å². The second kappa shape index (κ2) is 6.80. The SMILES string of the molecule is CC(CN)CNC(=O)CC1CCCCO1. The van der Waals surface area contributed by atoms with Crippen LogP contribution < -0.4 is 11.1 Å². The van der Waals surface area contributed by atoms with Crippen molar-refractivity contribution in [3.63, 3.8) is 0 Å². The maximum atomic E-state index is 11.5. The summed E-state index contributed by atoms with van der Waals surface area (Å²) in [6, 6.07) is 0. The van der Waals surface area contributed by atoms with E-state index in [2.05, 4.69) is 5.32 Å². The van der Waals surface area contributed by atoms with Gasteiger partial charge in [0.25, 0.3) is 0 Å². The normalized spacial score (nSPS) is 23.5. The van der Waals surface area contributed by atoms with Crippen LogP contribution in [0.5, 0.6) is 0 Å².